The first-order chi connectivity index (χ1) is 8.20. The molecule has 2 rings (SSSR count). The highest BCUT2D eigenvalue weighted by Crippen LogP contribution is 2.19. The van der Waals surface area contributed by atoms with Crippen molar-refractivity contribution < 1.29 is 9.18 Å². The number of hydrogen-bond acceptors (Lipinski definition) is 1. The molecule has 2 aromatic rings. The Bertz CT molecular complexity index is 525. The molecule has 0 saturated heterocycles. The van der Waals surface area contributed by atoms with E-state index in [9.17, 15) is 9.18 Å². The van der Waals surface area contributed by atoms with E-state index >= 15 is 0 Å². The Morgan fingerprint density at radius 2 is 2.06 bits per heavy atom. The van der Waals surface area contributed by atoms with Gasteiger partial charge in [-0.25, -0.2) is 4.39 Å². The molecule has 17 heavy (non-hydrogen) atoms. The number of benzene rings is 1. The summed E-state index contributed by atoms with van der Waals surface area (Å²) in [5.41, 5.74) is 0.892. The molecule has 0 radical (unpaired) electrons. The fourth-order valence-electron chi connectivity index (χ4n) is 1.46. The summed E-state index contributed by atoms with van der Waals surface area (Å²) in [6.45, 7) is 0. The molecule has 0 spiro atoms. The Balaban J connectivity index is 2.33. The van der Waals surface area contributed by atoms with Crippen molar-refractivity contribution in [2.24, 2.45) is 0 Å². The van der Waals surface area contributed by atoms with E-state index in [1.54, 1.807) is 12.1 Å². The van der Waals surface area contributed by atoms with Gasteiger partial charge in [-0.2, -0.15) is 0 Å². The van der Waals surface area contributed by atoms with Crippen LogP contribution in [0.1, 0.15) is 0 Å². The summed E-state index contributed by atoms with van der Waals surface area (Å²) < 4.78 is 15.3. The normalized spacial score (nSPS) is 10.2. The zero-order valence-electron chi connectivity index (χ0n) is 8.86. The summed E-state index contributed by atoms with van der Waals surface area (Å²) in [6.07, 6.45) is 3.67. The van der Waals surface area contributed by atoms with Crippen LogP contribution in [0.2, 0.25) is 0 Å². The topological polar surface area (TPSA) is 34.0 Å². The fourth-order valence-corrected chi connectivity index (χ4v) is 1.53. The van der Waals surface area contributed by atoms with Crippen molar-refractivity contribution in [3.8, 4) is 5.69 Å². The van der Waals surface area contributed by atoms with Crippen LogP contribution < -0.4 is 5.32 Å². The number of amides is 1. The lowest BCUT2D eigenvalue weighted by Crippen LogP contribution is -2.14. The zero-order chi connectivity index (χ0) is 12.3. The van der Waals surface area contributed by atoms with E-state index < -0.39 is 11.7 Å². The summed E-state index contributed by atoms with van der Waals surface area (Å²) in [5, 5.41) is 2.40. The zero-order valence-corrected chi connectivity index (χ0v) is 9.62. The van der Waals surface area contributed by atoms with Gasteiger partial charge in [0.05, 0.1) is 5.69 Å². The lowest BCUT2D eigenvalue weighted by Gasteiger charge is -2.08. The molecule has 0 bridgehead atoms. The number of carbonyl (C=O) groups is 1. The summed E-state index contributed by atoms with van der Waals surface area (Å²) in [4.78, 5) is 11.1. The second-order valence-electron chi connectivity index (χ2n) is 3.44. The molecule has 0 saturated carbocycles. The summed E-state index contributed by atoms with van der Waals surface area (Å²) in [5.74, 6) is -1.12. The monoisotopic (exact) mass is 252 g/mol. The number of aromatic nitrogens is 1. The number of nitrogens with one attached hydrogen (secondary N) is 1. The quantitative estimate of drug-likeness (QED) is 0.838. The van der Waals surface area contributed by atoms with Gasteiger partial charge in [0.25, 0.3) is 0 Å². The Kier molecular flexibility index (Phi) is 3.44. The second kappa shape index (κ2) is 5.01. The third-order valence-corrected chi connectivity index (χ3v) is 2.49. The summed E-state index contributed by atoms with van der Waals surface area (Å²) in [7, 11) is 0. The molecule has 0 aliphatic carbocycles. The van der Waals surface area contributed by atoms with E-state index in [1.807, 2.05) is 29.1 Å². The van der Waals surface area contributed by atoms with E-state index in [2.05, 4.69) is 5.32 Å². The minimum Gasteiger partial charge on any atom is -0.324 e. The van der Waals surface area contributed by atoms with Crippen molar-refractivity contribution in [1.29, 1.82) is 0 Å². The Morgan fingerprint density at radius 3 is 2.71 bits per heavy atom. The Morgan fingerprint density at radius 1 is 1.35 bits per heavy atom. The van der Waals surface area contributed by atoms with Crippen LogP contribution in [0.25, 0.3) is 5.69 Å². The highest BCUT2D eigenvalue weighted by Gasteiger charge is 2.07. The average Bonchev–Trinajstić information content (AvgIpc) is 2.85. The van der Waals surface area contributed by atoms with Crippen molar-refractivity contribution >= 4 is 23.2 Å². The lowest BCUT2D eigenvalue weighted by molar-refractivity contribution is -0.113. The number of nitrogens with zero attached hydrogens (tertiary/aromatic N) is 1. The van der Waals surface area contributed by atoms with Crippen LogP contribution in [0, 0.1) is 5.82 Å². The van der Waals surface area contributed by atoms with Crippen molar-refractivity contribution in [2.45, 2.75) is 0 Å². The molecule has 1 amide bonds. The van der Waals surface area contributed by atoms with Crippen molar-refractivity contribution in [2.75, 3.05) is 11.2 Å². The third-order valence-electron chi connectivity index (χ3n) is 2.25. The predicted molar refractivity (Wildman–Crippen MR) is 65.1 cm³/mol. The van der Waals surface area contributed by atoms with Gasteiger partial charge in [-0.3, -0.25) is 4.79 Å². The Hall–Kier alpha value is -1.81. The van der Waals surface area contributed by atoms with Crippen LogP contribution in [0.3, 0.4) is 0 Å². The molecule has 1 N–H and O–H groups in total. The first-order valence-corrected chi connectivity index (χ1v) is 5.53. The van der Waals surface area contributed by atoms with Gasteiger partial charge in [-0.05, 0) is 30.3 Å². The molecule has 1 aromatic heterocycles. The maximum absolute atomic E-state index is 13.4. The van der Waals surface area contributed by atoms with Gasteiger partial charge >= 0.3 is 0 Å². The number of rotatable bonds is 3. The van der Waals surface area contributed by atoms with E-state index in [1.165, 1.54) is 6.07 Å². The molecule has 1 heterocycles. The van der Waals surface area contributed by atoms with Crippen molar-refractivity contribution in [3.63, 3.8) is 0 Å². The number of carbonyl (C=O) groups excluding carboxylic acids is 1. The van der Waals surface area contributed by atoms with Crippen LogP contribution in [0.15, 0.2) is 42.7 Å². The van der Waals surface area contributed by atoms with Gasteiger partial charge in [0.15, 0.2) is 0 Å². The largest absolute Gasteiger partial charge is 0.324 e. The minimum atomic E-state index is -0.487. The van der Waals surface area contributed by atoms with Gasteiger partial charge in [-0.1, -0.05) is 0 Å². The molecule has 0 aliphatic rings. The van der Waals surface area contributed by atoms with Gasteiger partial charge in [0.2, 0.25) is 5.91 Å². The van der Waals surface area contributed by atoms with E-state index in [-0.39, 0.29) is 11.6 Å². The molecule has 5 heteroatoms. The van der Waals surface area contributed by atoms with Crippen LogP contribution in [0.4, 0.5) is 10.1 Å². The average molecular weight is 253 g/mol. The highest BCUT2D eigenvalue weighted by molar-refractivity contribution is 6.29. The maximum Gasteiger partial charge on any atom is 0.239 e. The van der Waals surface area contributed by atoms with Crippen LogP contribution in [-0.2, 0) is 4.79 Å². The van der Waals surface area contributed by atoms with Crippen LogP contribution in [0.5, 0.6) is 0 Å². The molecular weight excluding hydrogens is 243 g/mol. The van der Waals surface area contributed by atoms with Gasteiger partial charge < -0.3 is 9.88 Å². The van der Waals surface area contributed by atoms with E-state index in [0.717, 1.165) is 5.69 Å². The molecule has 0 aliphatic heterocycles. The second-order valence-corrected chi connectivity index (χ2v) is 3.70. The predicted octanol–water partition coefficient (Wildman–Crippen LogP) is 2.79. The fraction of sp³-hybridized carbons (Fsp3) is 0.0833. The van der Waals surface area contributed by atoms with Crippen molar-refractivity contribution in [1.82, 2.24) is 4.57 Å². The van der Waals surface area contributed by atoms with Gasteiger partial charge in [-0.15, -0.1) is 11.6 Å². The highest BCUT2D eigenvalue weighted by atomic mass is 35.5. The van der Waals surface area contributed by atoms with E-state index in [4.69, 9.17) is 11.6 Å². The molecule has 0 atom stereocenters. The molecule has 0 unspecified atom stereocenters. The molecule has 0 fully saturated rings. The summed E-state index contributed by atoms with van der Waals surface area (Å²) >= 11 is 5.35. The van der Waals surface area contributed by atoms with Gasteiger partial charge in [0, 0.05) is 18.1 Å². The summed E-state index contributed by atoms with van der Waals surface area (Å²) in [6, 6.07) is 8.21. The first-order valence-electron chi connectivity index (χ1n) is 4.99. The molecule has 88 valence electrons. The first kappa shape index (κ1) is 11.7. The van der Waals surface area contributed by atoms with Crippen LogP contribution >= 0.6 is 11.6 Å². The van der Waals surface area contributed by atoms with E-state index in [0.29, 0.717) is 0 Å². The number of hydrogen-bond donors (Lipinski definition) is 1. The SMILES string of the molecule is O=C(CCl)Nc1cc(-n2cccc2)ccc1F. The standard InChI is InChI=1S/C12H10ClFN2O/c13-8-12(17)15-11-7-9(3-4-10(11)14)16-5-1-2-6-16/h1-7H,8H2,(H,15,17). The number of halogens is 2. The molecule has 1 aromatic carbocycles. The molecule has 3 nitrogen and oxygen atoms in total. The maximum atomic E-state index is 13.4. The lowest BCUT2D eigenvalue weighted by atomic mass is 10.2. The van der Waals surface area contributed by atoms with Gasteiger partial charge in [0.1, 0.15) is 11.7 Å². The smallest absolute Gasteiger partial charge is 0.239 e. The minimum absolute atomic E-state index is 0.127. The third kappa shape index (κ3) is 2.65. The number of alkyl halides is 1. The van der Waals surface area contributed by atoms with Crippen LogP contribution in [-0.4, -0.2) is 16.4 Å². The van der Waals surface area contributed by atoms with Crippen molar-refractivity contribution in [3.05, 3.63) is 48.5 Å². The Labute approximate surface area is 103 Å². The molecular formula is C12H10ClFN2O. The number of anilines is 1.